The highest BCUT2D eigenvalue weighted by Crippen LogP contribution is 2.27. The Morgan fingerprint density at radius 1 is 1.08 bits per heavy atom. The summed E-state index contributed by atoms with van der Waals surface area (Å²) in [4.78, 5) is 23.8. The number of amides is 1. The van der Waals surface area contributed by atoms with Crippen molar-refractivity contribution in [2.24, 2.45) is 17.1 Å². The highest BCUT2D eigenvalue weighted by atomic mass is 127. The molecule has 0 spiro atoms. The number of primary amides is 1. The molecule has 0 radical (unpaired) electrons. The number of allylic oxidation sites excluding steroid dienone is 7. The molecule has 7 heteroatoms. The Bertz CT molecular complexity index is 929. The van der Waals surface area contributed by atoms with E-state index in [1.165, 1.54) is 12.2 Å². The average molecular weight is 654 g/mol. The first-order valence-corrected chi connectivity index (χ1v) is 14.6. The number of hydrogen-bond donors (Lipinski definition) is 2. The van der Waals surface area contributed by atoms with E-state index in [1.807, 2.05) is 54.4 Å². The zero-order chi connectivity index (χ0) is 29.8. The average Bonchev–Trinajstić information content (AvgIpc) is 2.85. The van der Waals surface area contributed by atoms with Crippen molar-refractivity contribution < 1.29 is 24.2 Å². The summed E-state index contributed by atoms with van der Waals surface area (Å²) in [5.74, 6) is -0.329. The zero-order valence-electron chi connectivity index (χ0n) is 24.3. The Morgan fingerprint density at radius 2 is 1.77 bits per heavy atom. The molecule has 0 unspecified atom stereocenters. The van der Waals surface area contributed by atoms with Gasteiger partial charge in [-0.15, -0.1) is 13.2 Å². The van der Waals surface area contributed by atoms with Crippen molar-refractivity contribution in [1.82, 2.24) is 0 Å². The summed E-state index contributed by atoms with van der Waals surface area (Å²) in [7, 11) is 0. The summed E-state index contributed by atoms with van der Waals surface area (Å²) in [5.41, 5.74) is 7.33. The molecule has 218 valence electrons. The van der Waals surface area contributed by atoms with Gasteiger partial charge in [-0.05, 0) is 55.4 Å². The van der Waals surface area contributed by atoms with Gasteiger partial charge in [0.2, 0.25) is 0 Å². The maximum atomic E-state index is 12.7. The van der Waals surface area contributed by atoms with Crippen molar-refractivity contribution in [1.29, 1.82) is 0 Å². The van der Waals surface area contributed by atoms with Gasteiger partial charge in [-0.1, -0.05) is 103 Å². The number of carbonyl (C=O) groups excluding carboxylic acids is 2. The van der Waals surface area contributed by atoms with Crippen LogP contribution in [0.1, 0.15) is 73.1 Å². The topological polar surface area (TPSA) is 98.9 Å². The fourth-order valence-electron chi connectivity index (χ4n) is 3.84. The van der Waals surface area contributed by atoms with Gasteiger partial charge in [0.1, 0.15) is 18.3 Å². The highest BCUT2D eigenvalue weighted by molar-refractivity contribution is 14.1. The first-order valence-electron chi connectivity index (χ1n) is 13.4. The van der Waals surface area contributed by atoms with E-state index in [-0.39, 0.29) is 23.4 Å². The fourth-order valence-corrected chi connectivity index (χ4v) is 4.41. The molecule has 0 aromatic carbocycles. The number of rotatable bonds is 19. The van der Waals surface area contributed by atoms with Crippen molar-refractivity contribution in [3.63, 3.8) is 0 Å². The lowest BCUT2D eigenvalue weighted by Gasteiger charge is -2.23. The van der Waals surface area contributed by atoms with Crippen LogP contribution in [0.25, 0.3) is 0 Å². The summed E-state index contributed by atoms with van der Waals surface area (Å²) >= 11 is 2.19. The van der Waals surface area contributed by atoms with Gasteiger partial charge in [0.15, 0.2) is 0 Å². The Morgan fingerprint density at radius 3 is 2.36 bits per heavy atom. The summed E-state index contributed by atoms with van der Waals surface area (Å²) in [6, 6.07) is 0. The third-order valence-electron chi connectivity index (χ3n) is 6.20. The molecular weight excluding hydrogens is 605 g/mol. The molecule has 6 nitrogen and oxygen atoms in total. The molecule has 0 aromatic rings. The minimum atomic E-state index is -0.981. The number of carbonyl (C=O) groups is 2. The van der Waals surface area contributed by atoms with E-state index in [1.54, 1.807) is 0 Å². The second-order valence-corrected chi connectivity index (χ2v) is 11.3. The summed E-state index contributed by atoms with van der Waals surface area (Å²) < 4.78 is 12.8. The van der Waals surface area contributed by atoms with Gasteiger partial charge < -0.3 is 20.3 Å². The van der Waals surface area contributed by atoms with E-state index < -0.39 is 18.3 Å². The van der Waals surface area contributed by atoms with Crippen LogP contribution in [0.2, 0.25) is 0 Å². The van der Waals surface area contributed by atoms with Crippen molar-refractivity contribution in [3.05, 3.63) is 83.1 Å². The van der Waals surface area contributed by atoms with E-state index in [2.05, 4.69) is 62.6 Å². The van der Waals surface area contributed by atoms with Crippen LogP contribution in [-0.4, -0.2) is 35.5 Å². The second-order valence-electron chi connectivity index (χ2n) is 10.6. The van der Waals surface area contributed by atoms with Crippen molar-refractivity contribution >= 4 is 34.7 Å². The standard InChI is InChI=1S/C32H48INO5/c1-8-10-19-32(6,7)20-14-17-30(36)38-29(26(5)22-25(4)18-21-33)23-24(3)15-12-11-13-16-28(27(35)9-2)39-31(34)37/h8-9,11-12,14-15,17-18,21-22,26-29,35H,1-2,10,13,16,19-20,23H2,3-7H3,(H2,34,37)/b12-11+,17-14+,21-18+,24-15+,25-22+/t26-,27+,28+,29-/m1/s1. The van der Waals surface area contributed by atoms with Gasteiger partial charge in [0.05, 0.1) is 0 Å². The zero-order valence-corrected chi connectivity index (χ0v) is 26.4. The predicted octanol–water partition coefficient (Wildman–Crippen LogP) is 8.05. The normalized spacial score (nSPS) is 16.3. The van der Waals surface area contributed by atoms with E-state index in [0.29, 0.717) is 19.3 Å². The molecule has 3 N–H and O–H groups in total. The van der Waals surface area contributed by atoms with Crippen molar-refractivity contribution in [2.75, 3.05) is 0 Å². The number of esters is 1. The SMILES string of the molecule is C=CCCC(C)(C)C/C=C/C(=O)O[C@H](C/C(C)=C/C=C/CC[C@H](OC(N)=O)[C@@H](O)C=C)[C@H](C)/C=C(C)/C=C/I. The van der Waals surface area contributed by atoms with Crippen LogP contribution in [0.5, 0.6) is 0 Å². The van der Waals surface area contributed by atoms with Crippen LogP contribution in [0.4, 0.5) is 4.79 Å². The fraction of sp³-hybridized carbons (Fsp3) is 0.500. The molecular formula is C32H48INO5. The van der Waals surface area contributed by atoms with Crippen LogP contribution >= 0.6 is 22.6 Å². The molecule has 0 fully saturated rings. The quantitative estimate of drug-likeness (QED) is 0.0483. The summed E-state index contributed by atoms with van der Waals surface area (Å²) in [5, 5.41) is 9.91. The third kappa shape index (κ3) is 18.5. The molecule has 0 rings (SSSR count). The molecule has 0 heterocycles. The van der Waals surface area contributed by atoms with Gasteiger partial charge in [-0.25, -0.2) is 9.59 Å². The number of halogens is 1. The number of ether oxygens (including phenoxy) is 2. The van der Waals surface area contributed by atoms with Crippen molar-refractivity contribution in [2.45, 2.75) is 91.5 Å². The molecule has 0 saturated carbocycles. The molecule has 39 heavy (non-hydrogen) atoms. The molecule has 0 aliphatic rings. The Labute approximate surface area is 249 Å². The number of hydrogen-bond acceptors (Lipinski definition) is 5. The molecule has 1 amide bonds. The number of nitrogens with two attached hydrogens (primary N) is 1. The minimum Gasteiger partial charge on any atom is -0.458 e. The predicted molar refractivity (Wildman–Crippen MR) is 170 cm³/mol. The van der Waals surface area contributed by atoms with Crippen molar-refractivity contribution in [3.8, 4) is 0 Å². The van der Waals surface area contributed by atoms with Gasteiger partial charge in [0, 0.05) is 18.4 Å². The molecule has 0 aromatic heterocycles. The van der Waals surface area contributed by atoms with Crippen LogP contribution in [-0.2, 0) is 14.3 Å². The lowest BCUT2D eigenvalue weighted by Crippen LogP contribution is -2.32. The van der Waals surface area contributed by atoms with Gasteiger partial charge in [-0.3, -0.25) is 0 Å². The number of aliphatic hydroxyl groups excluding tert-OH is 1. The van der Waals surface area contributed by atoms with E-state index >= 15 is 0 Å². The first-order chi connectivity index (χ1) is 18.3. The lowest BCUT2D eigenvalue weighted by atomic mass is 9.84. The Hall–Kier alpha value is -2.39. The van der Waals surface area contributed by atoms with Crippen LogP contribution in [0.3, 0.4) is 0 Å². The molecule has 4 atom stereocenters. The Balaban J connectivity index is 5.35. The highest BCUT2D eigenvalue weighted by Gasteiger charge is 2.21. The van der Waals surface area contributed by atoms with Crippen LogP contribution in [0, 0.1) is 11.3 Å². The largest absolute Gasteiger partial charge is 0.458 e. The second kappa shape index (κ2) is 20.5. The summed E-state index contributed by atoms with van der Waals surface area (Å²) in [6.45, 7) is 17.7. The third-order valence-corrected chi connectivity index (χ3v) is 6.56. The van der Waals surface area contributed by atoms with Gasteiger partial charge in [-0.2, -0.15) is 0 Å². The first kappa shape index (κ1) is 36.6. The minimum absolute atomic E-state index is 0.0124. The molecule has 0 saturated heterocycles. The smallest absolute Gasteiger partial charge is 0.404 e. The van der Waals surface area contributed by atoms with Crippen LogP contribution in [0.15, 0.2) is 83.1 Å². The van der Waals surface area contributed by atoms with Gasteiger partial charge in [0.25, 0.3) is 0 Å². The van der Waals surface area contributed by atoms with E-state index in [4.69, 9.17) is 15.2 Å². The van der Waals surface area contributed by atoms with E-state index in [0.717, 1.165) is 30.4 Å². The monoisotopic (exact) mass is 653 g/mol. The lowest BCUT2D eigenvalue weighted by molar-refractivity contribution is -0.144. The molecule has 0 aliphatic heterocycles. The maximum absolute atomic E-state index is 12.7. The van der Waals surface area contributed by atoms with Crippen LogP contribution < -0.4 is 5.73 Å². The molecule has 0 aliphatic carbocycles. The maximum Gasteiger partial charge on any atom is 0.404 e. The number of aliphatic hydroxyl groups is 1. The molecule has 0 bridgehead atoms. The van der Waals surface area contributed by atoms with E-state index in [9.17, 15) is 14.7 Å². The summed E-state index contributed by atoms with van der Waals surface area (Å²) in [6.07, 6.45) is 17.9. The Kier molecular flexibility index (Phi) is 19.2. The van der Waals surface area contributed by atoms with Gasteiger partial charge >= 0.3 is 12.1 Å².